The Kier molecular flexibility index (Phi) is 6.86. The number of benzene rings is 1. The van der Waals surface area contributed by atoms with Gasteiger partial charge in [0.05, 0.1) is 36.4 Å². The van der Waals surface area contributed by atoms with Crippen LogP contribution in [0.4, 0.5) is 31.9 Å². The molecular weight excluding hydrogens is 466 g/mol. The first-order valence-corrected chi connectivity index (χ1v) is 12.2. The summed E-state index contributed by atoms with van der Waals surface area (Å²) in [6, 6.07) is 6.91. The molecule has 0 atom stereocenters. The van der Waals surface area contributed by atoms with Crippen LogP contribution in [0.5, 0.6) is 5.75 Å². The standard InChI is InChI=1S/C26H30F2N6O2/c1-16(2)34-10-11-36-25-20(27)12-17(13-22(25)34)24-21(28)15-30-26(32-24)31-23-5-4-18(14-29-23)33-8-6-19(35-3)7-9-33/h4-5,12-16,19H,6-11H2,1-3H3,(H,29,30,31,32). The van der Waals surface area contributed by atoms with Gasteiger partial charge in [-0.2, -0.15) is 0 Å². The minimum atomic E-state index is -0.643. The minimum absolute atomic E-state index is 0.00103. The highest BCUT2D eigenvalue weighted by Gasteiger charge is 2.26. The second-order valence-electron chi connectivity index (χ2n) is 9.28. The lowest BCUT2D eigenvalue weighted by Crippen LogP contribution is -2.38. The van der Waals surface area contributed by atoms with Crippen molar-refractivity contribution in [2.24, 2.45) is 0 Å². The summed E-state index contributed by atoms with van der Waals surface area (Å²) in [7, 11) is 1.75. The van der Waals surface area contributed by atoms with E-state index in [0.29, 0.717) is 36.3 Å². The number of rotatable bonds is 6. The number of halogens is 2. The molecule has 0 aliphatic carbocycles. The predicted molar refractivity (Wildman–Crippen MR) is 135 cm³/mol. The van der Waals surface area contributed by atoms with Crippen molar-refractivity contribution in [3.05, 3.63) is 48.3 Å². The highest BCUT2D eigenvalue weighted by molar-refractivity contribution is 5.73. The fraction of sp³-hybridized carbons (Fsp3) is 0.423. The normalized spacial score (nSPS) is 16.2. The van der Waals surface area contributed by atoms with Crippen molar-refractivity contribution in [1.82, 2.24) is 15.0 Å². The maximum atomic E-state index is 14.9. The molecule has 5 rings (SSSR count). The predicted octanol–water partition coefficient (Wildman–Crippen LogP) is 4.78. The molecule has 1 aromatic carbocycles. The Balaban J connectivity index is 1.36. The Hall–Kier alpha value is -3.53. The third-order valence-electron chi connectivity index (χ3n) is 6.68. The van der Waals surface area contributed by atoms with Gasteiger partial charge in [-0.3, -0.25) is 0 Å². The summed E-state index contributed by atoms with van der Waals surface area (Å²) in [4.78, 5) is 17.2. The summed E-state index contributed by atoms with van der Waals surface area (Å²) in [5.41, 5.74) is 1.93. The van der Waals surface area contributed by atoms with Crippen LogP contribution < -0.4 is 19.9 Å². The Morgan fingerprint density at radius 3 is 2.56 bits per heavy atom. The van der Waals surface area contributed by atoms with E-state index in [4.69, 9.17) is 9.47 Å². The van der Waals surface area contributed by atoms with Gasteiger partial charge in [-0.05, 0) is 51.0 Å². The van der Waals surface area contributed by atoms with E-state index in [0.717, 1.165) is 37.8 Å². The quantitative estimate of drug-likeness (QED) is 0.523. The van der Waals surface area contributed by atoms with Crippen LogP contribution in [0.3, 0.4) is 0 Å². The molecule has 1 N–H and O–H groups in total. The Morgan fingerprint density at radius 1 is 1.06 bits per heavy atom. The summed E-state index contributed by atoms with van der Waals surface area (Å²) in [5.74, 6) is -0.313. The van der Waals surface area contributed by atoms with Gasteiger partial charge in [0.1, 0.15) is 18.1 Å². The molecule has 1 saturated heterocycles. The van der Waals surface area contributed by atoms with Gasteiger partial charge >= 0.3 is 0 Å². The number of nitrogens with one attached hydrogen (secondary N) is 1. The highest BCUT2D eigenvalue weighted by atomic mass is 19.1. The molecule has 2 aliphatic rings. The summed E-state index contributed by atoms with van der Waals surface area (Å²) in [6.07, 6.45) is 5.14. The van der Waals surface area contributed by atoms with E-state index in [-0.39, 0.29) is 23.4 Å². The first-order valence-electron chi connectivity index (χ1n) is 12.2. The number of pyridine rings is 1. The molecule has 2 aliphatic heterocycles. The van der Waals surface area contributed by atoms with E-state index < -0.39 is 11.6 Å². The van der Waals surface area contributed by atoms with Crippen LogP contribution in [-0.4, -0.2) is 60.4 Å². The fourth-order valence-electron chi connectivity index (χ4n) is 4.72. The molecule has 0 saturated carbocycles. The van der Waals surface area contributed by atoms with E-state index in [1.165, 1.54) is 6.07 Å². The van der Waals surface area contributed by atoms with E-state index in [1.54, 1.807) is 19.4 Å². The average Bonchev–Trinajstić information content (AvgIpc) is 2.90. The maximum absolute atomic E-state index is 14.9. The molecule has 36 heavy (non-hydrogen) atoms. The van der Waals surface area contributed by atoms with Crippen LogP contribution in [0.1, 0.15) is 26.7 Å². The Bertz CT molecular complexity index is 1220. The molecule has 0 bridgehead atoms. The van der Waals surface area contributed by atoms with E-state index in [2.05, 4.69) is 25.2 Å². The highest BCUT2D eigenvalue weighted by Crippen LogP contribution is 2.39. The number of aromatic nitrogens is 3. The summed E-state index contributed by atoms with van der Waals surface area (Å²) in [5, 5.41) is 3.02. The number of piperidine rings is 1. The lowest BCUT2D eigenvalue weighted by atomic mass is 10.1. The lowest BCUT2D eigenvalue weighted by molar-refractivity contribution is 0.0819. The number of nitrogens with zero attached hydrogens (tertiary/aromatic N) is 5. The second kappa shape index (κ2) is 10.2. The zero-order valence-electron chi connectivity index (χ0n) is 20.7. The second-order valence-corrected chi connectivity index (χ2v) is 9.28. The van der Waals surface area contributed by atoms with Gasteiger partial charge in [-0.15, -0.1) is 0 Å². The van der Waals surface area contributed by atoms with Crippen molar-refractivity contribution in [3.8, 4) is 17.0 Å². The smallest absolute Gasteiger partial charge is 0.229 e. The van der Waals surface area contributed by atoms with E-state index >= 15 is 0 Å². The molecule has 0 radical (unpaired) electrons. The van der Waals surface area contributed by atoms with E-state index in [1.807, 2.05) is 30.9 Å². The van der Waals surface area contributed by atoms with Crippen molar-refractivity contribution in [1.29, 1.82) is 0 Å². The zero-order chi connectivity index (χ0) is 25.2. The van der Waals surface area contributed by atoms with Crippen molar-refractivity contribution < 1.29 is 18.3 Å². The number of fused-ring (bicyclic) bond motifs is 1. The van der Waals surface area contributed by atoms with Crippen LogP contribution in [0.2, 0.25) is 0 Å². The summed E-state index contributed by atoms with van der Waals surface area (Å²) >= 11 is 0. The van der Waals surface area contributed by atoms with Crippen LogP contribution in [-0.2, 0) is 4.74 Å². The van der Waals surface area contributed by atoms with Gasteiger partial charge < -0.3 is 24.6 Å². The number of methoxy groups -OCH3 is 1. The molecule has 190 valence electrons. The molecule has 0 spiro atoms. The third-order valence-corrected chi connectivity index (χ3v) is 6.68. The molecule has 3 aromatic rings. The largest absolute Gasteiger partial charge is 0.486 e. The van der Waals surface area contributed by atoms with E-state index in [9.17, 15) is 8.78 Å². The van der Waals surface area contributed by atoms with Gasteiger partial charge in [0, 0.05) is 31.8 Å². The third kappa shape index (κ3) is 4.90. The van der Waals surface area contributed by atoms with Crippen molar-refractivity contribution in [3.63, 3.8) is 0 Å². The molecule has 4 heterocycles. The molecule has 8 nitrogen and oxygen atoms in total. The number of hydrogen-bond acceptors (Lipinski definition) is 8. The fourth-order valence-corrected chi connectivity index (χ4v) is 4.72. The zero-order valence-corrected chi connectivity index (χ0v) is 20.7. The maximum Gasteiger partial charge on any atom is 0.229 e. The molecular formula is C26H30F2N6O2. The summed E-state index contributed by atoms with van der Waals surface area (Å²) < 4.78 is 40.7. The molecule has 0 unspecified atom stereocenters. The lowest BCUT2D eigenvalue weighted by Gasteiger charge is -2.34. The van der Waals surface area contributed by atoms with Crippen LogP contribution in [0.25, 0.3) is 11.3 Å². The van der Waals surface area contributed by atoms with Crippen molar-refractivity contribution in [2.45, 2.75) is 38.8 Å². The van der Waals surface area contributed by atoms with Crippen LogP contribution in [0.15, 0.2) is 36.7 Å². The minimum Gasteiger partial charge on any atom is -0.486 e. The molecule has 1 fully saturated rings. The van der Waals surface area contributed by atoms with Gasteiger partial charge in [0.15, 0.2) is 17.4 Å². The number of hydrogen-bond donors (Lipinski definition) is 1. The van der Waals surface area contributed by atoms with Crippen molar-refractivity contribution >= 4 is 23.1 Å². The SMILES string of the molecule is COC1CCN(c2ccc(Nc3ncc(F)c(-c4cc(F)c5c(c4)N(C(C)C)CCO5)n3)nc2)CC1. The number of ether oxygens (including phenoxy) is 2. The molecule has 0 amide bonds. The van der Waals surface area contributed by atoms with Gasteiger partial charge in [0.25, 0.3) is 0 Å². The van der Waals surface area contributed by atoms with Crippen molar-refractivity contribution in [2.75, 3.05) is 48.5 Å². The molecule has 10 heteroatoms. The average molecular weight is 497 g/mol. The topological polar surface area (TPSA) is 75.6 Å². The van der Waals surface area contributed by atoms with Gasteiger partial charge in [-0.25, -0.2) is 23.7 Å². The Labute approximate surface area is 209 Å². The number of anilines is 4. The Morgan fingerprint density at radius 2 is 1.86 bits per heavy atom. The first kappa shape index (κ1) is 24.2. The summed E-state index contributed by atoms with van der Waals surface area (Å²) in [6.45, 7) is 6.88. The molecule has 2 aromatic heterocycles. The van der Waals surface area contributed by atoms with Crippen LogP contribution in [0, 0.1) is 11.6 Å². The monoisotopic (exact) mass is 496 g/mol. The van der Waals surface area contributed by atoms with Crippen LogP contribution >= 0.6 is 0 Å². The van der Waals surface area contributed by atoms with Gasteiger partial charge in [-0.1, -0.05) is 0 Å². The van der Waals surface area contributed by atoms with Gasteiger partial charge in [0.2, 0.25) is 5.95 Å². The first-order chi connectivity index (χ1) is 17.4.